The minimum Gasteiger partial charge on any atom is -0.456 e. The predicted octanol–water partition coefficient (Wildman–Crippen LogP) is 16.8. The van der Waals surface area contributed by atoms with Crippen molar-refractivity contribution in [1.29, 1.82) is 0 Å². The van der Waals surface area contributed by atoms with E-state index < -0.39 is 0 Å². The van der Waals surface area contributed by atoms with E-state index in [-0.39, 0.29) is 0 Å². The summed E-state index contributed by atoms with van der Waals surface area (Å²) < 4.78 is 19.5. The molecule has 0 unspecified atom stereocenters. The highest BCUT2D eigenvalue weighted by Crippen LogP contribution is 2.48. The number of para-hydroxylation sites is 3. The Balaban J connectivity index is 0.939. The third-order valence-electron chi connectivity index (χ3n) is 13.4. The Kier molecular flexibility index (Phi) is 7.57. The first-order valence-corrected chi connectivity index (χ1v) is 22.8. The summed E-state index contributed by atoms with van der Waals surface area (Å²) in [6.07, 6.45) is 4.22. The van der Waals surface area contributed by atoms with Gasteiger partial charge >= 0.3 is 0 Å². The van der Waals surface area contributed by atoms with Gasteiger partial charge < -0.3 is 23.7 Å². The van der Waals surface area contributed by atoms with Crippen molar-refractivity contribution in [2.45, 2.75) is 6.92 Å². The Morgan fingerprint density at radius 1 is 0.415 bits per heavy atom. The van der Waals surface area contributed by atoms with Gasteiger partial charge in [-0.3, -0.25) is 0 Å². The van der Waals surface area contributed by atoms with Crippen molar-refractivity contribution in [2.75, 3.05) is 5.73 Å². The van der Waals surface area contributed by atoms with E-state index in [9.17, 15) is 0 Å². The molecule has 0 bridgehead atoms. The molecule has 0 spiro atoms. The Bertz CT molecular complexity index is 4340. The van der Waals surface area contributed by atoms with Crippen LogP contribution in [0.3, 0.4) is 0 Å². The van der Waals surface area contributed by atoms with E-state index in [0.717, 1.165) is 99.8 Å². The molecule has 5 aromatic heterocycles. The molecule has 0 atom stereocenters. The van der Waals surface area contributed by atoms with Crippen LogP contribution in [0.2, 0.25) is 0 Å². The highest BCUT2D eigenvalue weighted by molar-refractivity contribution is 7.27. The van der Waals surface area contributed by atoms with Gasteiger partial charge in [-0.05, 0) is 114 Å². The van der Waals surface area contributed by atoms with Crippen LogP contribution in [0.5, 0.6) is 0 Å². The zero-order chi connectivity index (χ0) is 42.9. The van der Waals surface area contributed by atoms with E-state index in [1.807, 2.05) is 35.6 Å². The molecule has 5 nitrogen and oxygen atoms in total. The number of nitrogen functional groups attached to an aromatic ring is 1. The van der Waals surface area contributed by atoms with Crippen molar-refractivity contribution >= 4 is 120 Å². The van der Waals surface area contributed by atoms with Crippen molar-refractivity contribution < 1.29 is 8.83 Å². The predicted molar refractivity (Wildman–Crippen MR) is 275 cm³/mol. The molecule has 306 valence electrons. The van der Waals surface area contributed by atoms with Crippen molar-refractivity contribution in [1.82, 2.24) is 9.13 Å². The summed E-state index contributed by atoms with van der Waals surface area (Å²) in [5.41, 5.74) is 22.8. The van der Waals surface area contributed by atoms with Gasteiger partial charge in [-0.25, -0.2) is 0 Å². The quantitative estimate of drug-likeness (QED) is 0.188. The fourth-order valence-electron chi connectivity index (χ4n) is 10.5. The maximum atomic E-state index is 7.32. The molecule has 6 heteroatoms. The molecule has 0 aliphatic carbocycles. The second-order valence-corrected chi connectivity index (χ2v) is 18.0. The number of nitrogens with zero attached hydrogens (tertiary/aromatic N) is 2. The highest BCUT2D eigenvalue weighted by atomic mass is 32.1. The third-order valence-corrected chi connectivity index (χ3v) is 14.7. The number of allylic oxidation sites excluding steroid dienone is 1. The Morgan fingerprint density at radius 2 is 0.923 bits per heavy atom. The first kappa shape index (κ1) is 36.2. The van der Waals surface area contributed by atoms with Gasteiger partial charge in [0.1, 0.15) is 22.3 Å². The largest absolute Gasteiger partial charge is 0.456 e. The fourth-order valence-corrected chi connectivity index (χ4v) is 11.9. The Morgan fingerprint density at radius 3 is 1.54 bits per heavy atom. The Labute approximate surface area is 376 Å². The standard InChI is InChI=1S/C59H37N3O2S/c1-2-11-50-57(60)56-49(62(50)39-15-10-13-35(31-39)37-23-29-54-46(33-37)41-17-5-8-21-52(41)64-54)27-25-43-42-24-26-48-55(58(42)65-59(43)56)44-18-3-6-19-47(44)61(48)38-14-9-12-34(30-38)36-22-28-53-45(32-36)40-16-4-7-20-51(40)63-53/h2-33H,60H2,1H3/b11-2-. The van der Waals surface area contributed by atoms with Gasteiger partial charge in [-0.1, -0.05) is 109 Å². The SMILES string of the molecule is C/C=C\c1c(N)c2c3sc4c(ccc5c4c4ccccc4n5-c4cccc(-c5ccc6oc7ccccc7c6c5)c4)c3ccc2n1-c1cccc(-c2ccc3oc4ccccc4c3c2)c1. The summed E-state index contributed by atoms with van der Waals surface area (Å²) >= 11 is 1.85. The van der Waals surface area contributed by atoms with Gasteiger partial charge in [0.15, 0.2) is 0 Å². The maximum Gasteiger partial charge on any atom is 0.135 e. The number of furan rings is 2. The highest BCUT2D eigenvalue weighted by Gasteiger charge is 2.23. The van der Waals surface area contributed by atoms with Crippen LogP contribution in [0.15, 0.2) is 197 Å². The number of benzene rings is 9. The van der Waals surface area contributed by atoms with E-state index in [4.69, 9.17) is 14.6 Å². The number of hydrogen-bond acceptors (Lipinski definition) is 4. The lowest BCUT2D eigenvalue weighted by Crippen LogP contribution is -1.98. The number of rotatable bonds is 5. The first-order valence-electron chi connectivity index (χ1n) is 22.0. The van der Waals surface area contributed by atoms with Crippen molar-refractivity contribution in [2.24, 2.45) is 0 Å². The molecule has 14 rings (SSSR count). The molecule has 14 aromatic rings. The van der Waals surface area contributed by atoms with Gasteiger partial charge in [0, 0.05) is 69.3 Å². The first-order chi connectivity index (χ1) is 32.1. The number of nitrogens with two attached hydrogens (primary N) is 1. The van der Waals surface area contributed by atoms with Crippen LogP contribution < -0.4 is 5.73 Å². The van der Waals surface area contributed by atoms with Crippen LogP contribution in [0.25, 0.3) is 136 Å². The molecule has 5 heterocycles. The number of thiophene rings is 1. The molecule has 65 heavy (non-hydrogen) atoms. The number of aromatic nitrogens is 2. The number of anilines is 1. The summed E-state index contributed by atoms with van der Waals surface area (Å²) in [5.74, 6) is 0. The van der Waals surface area contributed by atoms with E-state index in [0.29, 0.717) is 0 Å². The van der Waals surface area contributed by atoms with E-state index in [1.54, 1.807) is 0 Å². The van der Waals surface area contributed by atoms with Crippen LogP contribution in [-0.4, -0.2) is 9.13 Å². The average Bonchev–Trinajstić information content (AvgIpc) is 4.16. The lowest BCUT2D eigenvalue weighted by Gasteiger charge is -2.11. The Hall–Kier alpha value is -8.32. The van der Waals surface area contributed by atoms with Crippen LogP contribution in [-0.2, 0) is 0 Å². The van der Waals surface area contributed by atoms with Crippen molar-refractivity contribution in [3.8, 4) is 33.6 Å². The minimum atomic E-state index is 0.782. The lowest BCUT2D eigenvalue weighted by molar-refractivity contribution is 0.668. The van der Waals surface area contributed by atoms with Crippen molar-refractivity contribution in [3.05, 3.63) is 194 Å². The number of hydrogen-bond donors (Lipinski definition) is 1. The molecule has 0 fully saturated rings. The molecule has 0 aliphatic rings. The average molecular weight is 852 g/mol. The van der Waals surface area contributed by atoms with E-state index >= 15 is 0 Å². The fraction of sp³-hybridized carbons (Fsp3) is 0.0169. The van der Waals surface area contributed by atoms with Crippen molar-refractivity contribution in [3.63, 3.8) is 0 Å². The summed E-state index contributed by atoms with van der Waals surface area (Å²) in [6.45, 7) is 2.05. The van der Waals surface area contributed by atoms with E-state index in [1.165, 1.54) is 42.0 Å². The molecule has 0 aliphatic heterocycles. The topological polar surface area (TPSA) is 62.2 Å². The van der Waals surface area contributed by atoms with Crippen LogP contribution in [0.4, 0.5) is 5.69 Å². The smallest absolute Gasteiger partial charge is 0.135 e. The third kappa shape index (κ3) is 5.20. The van der Waals surface area contributed by atoms with Gasteiger partial charge in [0.05, 0.1) is 27.9 Å². The van der Waals surface area contributed by atoms with Crippen LogP contribution in [0.1, 0.15) is 12.6 Å². The molecule has 0 saturated carbocycles. The normalized spacial score (nSPS) is 12.4. The van der Waals surface area contributed by atoms with Gasteiger partial charge in [0.2, 0.25) is 0 Å². The molecule has 0 amide bonds. The molecule has 0 radical (unpaired) electrons. The summed E-state index contributed by atoms with van der Waals surface area (Å²) in [7, 11) is 0. The minimum absolute atomic E-state index is 0.782. The second-order valence-electron chi connectivity index (χ2n) is 17.0. The monoisotopic (exact) mass is 851 g/mol. The molecular weight excluding hydrogens is 815 g/mol. The summed E-state index contributed by atoms with van der Waals surface area (Å²) in [6, 6.07) is 65.1. The van der Waals surface area contributed by atoms with Crippen LogP contribution >= 0.6 is 11.3 Å². The van der Waals surface area contributed by atoms with Gasteiger partial charge in [0.25, 0.3) is 0 Å². The zero-order valence-corrected chi connectivity index (χ0v) is 36.0. The zero-order valence-electron chi connectivity index (χ0n) is 35.2. The second kappa shape index (κ2) is 13.6. The molecular formula is C59H37N3O2S. The lowest BCUT2D eigenvalue weighted by atomic mass is 10.0. The number of fused-ring (bicyclic) bond motifs is 15. The summed E-state index contributed by atoms with van der Waals surface area (Å²) in [5, 5.41) is 10.5. The van der Waals surface area contributed by atoms with Gasteiger partial charge in [-0.15, -0.1) is 11.3 Å². The van der Waals surface area contributed by atoms with Gasteiger partial charge in [-0.2, -0.15) is 0 Å². The molecule has 9 aromatic carbocycles. The van der Waals surface area contributed by atoms with E-state index in [2.05, 4.69) is 186 Å². The maximum absolute atomic E-state index is 7.32. The van der Waals surface area contributed by atoms with Crippen LogP contribution in [0, 0.1) is 0 Å². The summed E-state index contributed by atoms with van der Waals surface area (Å²) in [4.78, 5) is 0. The molecule has 2 N–H and O–H groups in total. The molecule has 0 saturated heterocycles.